The van der Waals surface area contributed by atoms with Gasteiger partial charge >= 0.3 is 0 Å². The molecule has 0 fully saturated rings. The lowest BCUT2D eigenvalue weighted by molar-refractivity contribution is -0.124. The van der Waals surface area contributed by atoms with Gasteiger partial charge in [-0.05, 0) is 19.1 Å². The first-order valence-electron chi connectivity index (χ1n) is 5.97. The molecular formula is C13H15N3O3. The molecule has 2 rings (SSSR count). The third kappa shape index (κ3) is 2.73. The van der Waals surface area contributed by atoms with E-state index in [4.69, 9.17) is 0 Å². The number of amides is 3. The second-order valence-electron chi connectivity index (χ2n) is 4.43. The van der Waals surface area contributed by atoms with Crippen LogP contribution in [0.15, 0.2) is 18.2 Å². The third-order valence-electron chi connectivity index (χ3n) is 2.92. The van der Waals surface area contributed by atoms with Gasteiger partial charge in [-0.2, -0.15) is 0 Å². The maximum atomic E-state index is 11.9. The van der Waals surface area contributed by atoms with Gasteiger partial charge < -0.3 is 16.0 Å². The number of hydrogen-bond donors (Lipinski definition) is 3. The number of carbonyl (C=O) groups excluding carboxylic acids is 3. The highest BCUT2D eigenvalue weighted by Gasteiger charge is 2.23. The van der Waals surface area contributed by atoms with Crippen LogP contribution < -0.4 is 16.0 Å². The van der Waals surface area contributed by atoms with Crippen LogP contribution in [0.5, 0.6) is 0 Å². The molecule has 100 valence electrons. The minimum Gasteiger partial charge on any atom is -0.348 e. The van der Waals surface area contributed by atoms with Crippen LogP contribution >= 0.6 is 0 Å². The molecule has 0 saturated carbocycles. The largest absolute Gasteiger partial charge is 0.348 e. The van der Waals surface area contributed by atoms with Crippen molar-refractivity contribution in [3.05, 3.63) is 29.3 Å². The number of carbonyl (C=O) groups is 3. The molecule has 0 spiro atoms. The number of benzene rings is 1. The molecule has 0 bridgehead atoms. The summed E-state index contributed by atoms with van der Waals surface area (Å²) in [6.45, 7) is 3.36. The van der Waals surface area contributed by atoms with E-state index in [1.54, 1.807) is 25.1 Å². The molecule has 1 heterocycles. The van der Waals surface area contributed by atoms with Crippen LogP contribution in [0.1, 0.15) is 29.8 Å². The first-order chi connectivity index (χ1) is 8.99. The summed E-state index contributed by atoms with van der Waals surface area (Å²) >= 11 is 0. The van der Waals surface area contributed by atoms with Gasteiger partial charge in [0.2, 0.25) is 11.8 Å². The van der Waals surface area contributed by atoms with Crippen molar-refractivity contribution in [1.29, 1.82) is 0 Å². The standard InChI is InChI=1S/C13H15N3O3/c1-7(15-8(2)17)12(18)16-11-5-3-4-9-10(11)6-14-13(9)19/h3-5,7H,6H2,1-2H3,(H,14,19)(H,15,17)(H,16,18)/t7-/m1/s1. The summed E-state index contributed by atoms with van der Waals surface area (Å²) in [6.07, 6.45) is 0. The van der Waals surface area contributed by atoms with Crippen molar-refractivity contribution in [3.63, 3.8) is 0 Å². The predicted octanol–water partition coefficient (Wildman–Crippen LogP) is 0.393. The van der Waals surface area contributed by atoms with Crippen molar-refractivity contribution in [2.75, 3.05) is 5.32 Å². The Morgan fingerprint density at radius 1 is 1.37 bits per heavy atom. The molecule has 1 atom stereocenters. The molecular weight excluding hydrogens is 246 g/mol. The highest BCUT2D eigenvalue weighted by atomic mass is 16.2. The molecule has 3 N–H and O–H groups in total. The van der Waals surface area contributed by atoms with E-state index in [-0.39, 0.29) is 17.7 Å². The van der Waals surface area contributed by atoms with Gasteiger partial charge in [0.1, 0.15) is 6.04 Å². The Morgan fingerprint density at radius 2 is 2.11 bits per heavy atom. The van der Waals surface area contributed by atoms with Gasteiger partial charge in [-0.15, -0.1) is 0 Å². The van der Waals surface area contributed by atoms with Crippen LogP contribution in [0.4, 0.5) is 5.69 Å². The quantitative estimate of drug-likeness (QED) is 0.735. The number of fused-ring (bicyclic) bond motifs is 1. The van der Waals surface area contributed by atoms with E-state index in [1.165, 1.54) is 6.92 Å². The zero-order valence-electron chi connectivity index (χ0n) is 10.7. The lowest BCUT2D eigenvalue weighted by Crippen LogP contribution is -2.40. The van der Waals surface area contributed by atoms with Gasteiger partial charge in [0.25, 0.3) is 5.91 Å². The summed E-state index contributed by atoms with van der Waals surface area (Å²) in [7, 11) is 0. The van der Waals surface area contributed by atoms with E-state index in [1.807, 2.05) is 0 Å². The summed E-state index contributed by atoms with van der Waals surface area (Å²) in [4.78, 5) is 34.3. The third-order valence-corrected chi connectivity index (χ3v) is 2.92. The van der Waals surface area contributed by atoms with E-state index in [0.29, 0.717) is 17.8 Å². The summed E-state index contributed by atoms with van der Waals surface area (Å²) in [5.41, 5.74) is 1.94. The second kappa shape index (κ2) is 5.09. The van der Waals surface area contributed by atoms with Crippen LogP contribution in [-0.4, -0.2) is 23.8 Å². The molecule has 6 nitrogen and oxygen atoms in total. The van der Waals surface area contributed by atoms with Gasteiger partial charge in [0.05, 0.1) is 0 Å². The Bertz CT molecular complexity index is 554. The molecule has 0 radical (unpaired) electrons. The summed E-state index contributed by atoms with van der Waals surface area (Å²) in [5.74, 6) is -0.721. The summed E-state index contributed by atoms with van der Waals surface area (Å²) in [5, 5.41) is 7.93. The SMILES string of the molecule is CC(=O)N[C@H](C)C(=O)Nc1cccc2c1CNC2=O. The number of nitrogens with one attached hydrogen (secondary N) is 3. The van der Waals surface area contributed by atoms with Gasteiger partial charge in [0, 0.05) is 30.3 Å². The summed E-state index contributed by atoms with van der Waals surface area (Å²) < 4.78 is 0. The number of anilines is 1. The minimum absolute atomic E-state index is 0.138. The van der Waals surface area contributed by atoms with E-state index in [2.05, 4.69) is 16.0 Å². The predicted molar refractivity (Wildman–Crippen MR) is 69.5 cm³/mol. The first kappa shape index (κ1) is 13.1. The van der Waals surface area contributed by atoms with Gasteiger partial charge in [-0.25, -0.2) is 0 Å². The van der Waals surface area contributed by atoms with Gasteiger partial charge in [-0.3, -0.25) is 14.4 Å². The van der Waals surface area contributed by atoms with Gasteiger partial charge in [0.15, 0.2) is 0 Å². The van der Waals surface area contributed by atoms with Crippen LogP contribution in [0.3, 0.4) is 0 Å². The smallest absolute Gasteiger partial charge is 0.251 e. The Labute approximate surface area is 110 Å². The van der Waals surface area contributed by atoms with Crippen LogP contribution in [0, 0.1) is 0 Å². The molecule has 0 aromatic heterocycles. The summed E-state index contributed by atoms with van der Waals surface area (Å²) in [6, 6.07) is 4.53. The van der Waals surface area contributed by atoms with Crippen molar-refractivity contribution >= 4 is 23.4 Å². The highest BCUT2D eigenvalue weighted by molar-refractivity contribution is 6.03. The maximum absolute atomic E-state index is 11.9. The van der Waals surface area contributed by atoms with Crippen molar-refractivity contribution in [3.8, 4) is 0 Å². The molecule has 0 saturated heterocycles. The van der Waals surface area contributed by atoms with Crippen LogP contribution in [0.2, 0.25) is 0 Å². The molecule has 6 heteroatoms. The fourth-order valence-corrected chi connectivity index (χ4v) is 1.98. The van der Waals surface area contributed by atoms with E-state index >= 15 is 0 Å². The van der Waals surface area contributed by atoms with E-state index < -0.39 is 6.04 Å². The fourth-order valence-electron chi connectivity index (χ4n) is 1.98. The van der Waals surface area contributed by atoms with Gasteiger partial charge in [-0.1, -0.05) is 6.07 Å². The second-order valence-corrected chi connectivity index (χ2v) is 4.43. The fraction of sp³-hybridized carbons (Fsp3) is 0.308. The Kier molecular flexibility index (Phi) is 3.50. The first-order valence-corrected chi connectivity index (χ1v) is 5.97. The molecule has 0 aliphatic carbocycles. The van der Waals surface area contributed by atoms with Crippen molar-refractivity contribution < 1.29 is 14.4 Å². The molecule has 3 amide bonds. The Morgan fingerprint density at radius 3 is 2.79 bits per heavy atom. The Balaban J connectivity index is 2.14. The zero-order chi connectivity index (χ0) is 14.0. The maximum Gasteiger partial charge on any atom is 0.251 e. The van der Waals surface area contributed by atoms with Crippen molar-refractivity contribution in [2.24, 2.45) is 0 Å². The Hall–Kier alpha value is -2.37. The molecule has 1 aliphatic heterocycles. The molecule has 0 unspecified atom stereocenters. The normalized spacial score (nSPS) is 14.3. The number of hydrogen-bond acceptors (Lipinski definition) is 3. The van der Waals surface area contributed by atoms with E-state index in [9.17, 15) is 14.4 Å². The van der Waals surface area contributed by atoms with Crippen molar-refractivity contribution in [2.45, 2.75) is 26.4 Å². The average molecular weight is 261 g/mol. The van der Waals surface area contributed by atoms with Crippen LogP contribution in [0.25, 0.3) is 0 Å². The lowest BCUT2D eigenvalue weighted by atomic mass is 10.1. The van der Waals surface area contributed by atoms with E-state index in [0.717, 1.165) is 5.56 Å². The topological polar surface area (TPSA) is 87.3 Å². The number of rotatable bonds is 3. The minimum atomic E-state index is -0.626. The zero-order valence-corrected chi connectivity index (χ0v) is 10.7. The molecule has 19 heavy (non-hydrogen) atoms. The lowest BCUT2D eigenvalue weighted by Gasteiger charge is -2.14. The molecule has 1 aliphatic rings. The monoisotopic (exact) mass is 261 g/mol. The van der Waals surface area contributed by atoms with Crippen LogP contribution in [-0.2, 0) is 16.1 Å². The molecule has 1 aromatic carbocycles. The van der Waals surface area contributed by atoms with Crippen molar-refractivity contribution in [1.82, 2.24) is 10.6 Å². The average Bonchev–Trinajstić information content (AvgIpc) is 2.71. The molecule has 1 aromatic rings. The highest BCUT2D eigenvalue weighted by Crippen LogP contribution is 2.24.